The molecule has 0 bridgehead atoms. The van der Waals surface area contributed by atoms with Gasteiger partial charge in [-0.2, -0.15) is 0 Å². The summed E-state index contributed by atoms with van der Waals surface area (Å²) in [6.07, 6.45) is 1.44. The standard InChI is InChI=1S/C12H20BrN3O4/c1-14-11-10(13)12(16-9-15-11)20-8-7-19-6-5-18-4-3-17-2/h9H,3-8H2,1-2H3,(H,14,15,16). The number of nitrogens with zero attached hydrogens (tertiary/aromatic N) is 2. The number of rotatable bonds is 11. The lowest BCUT2D eigenvalue weighted by atomic mass is 10.5. The highest BCUT2D eigenvalue weighted by Crippen LogP contribution is 2.27. The van der Waals surface area contributed by atoms with Crippen molar-refractivity contribution in [2.45, 2.75) is 0 Å². The molecule has 8 heteroatoms. The van der Waals surface area contributed by atoms with Crippen LogP contribution in [0.2, 0.25) is 0 Å². The number of nitrogens with one attached hydrogen (secondary N) is 1. The molecule has 1 rings (SSSR count). The summed E-state index contributed by atoms with van der Waals surface area (Å²) in [7, 11) is 3.42. The van der Waals surface area contributed by atoms with Crippen molar-refractivity contribution in [3.05, 3.63) is 10.8 Å². The van der Waals surface area contributed by atoms with Crippen molar-refractivity contribution in [1.29, 1.82) is 0 Å². The molecule has 1 N–H and O–H groups in total. The minimum atomic E-state index is 0.414. The summed E-state index contributed by atoms with van der Waals surface area (Å²) < 4.78 is 21.7. The van der Waals surface area contributed by atoms with Crippen LogP contribution in [0, 0.1) is 0 Å². The Kier molecular flexibility index (Phi) is 9.22. The van der Waals surface area contributed by atoms with Crippen molar-refractivity contribution in [3.8, 4) is 5.88 Å². The van der Waals surface area contributed by atoms with Crippen LogP contribution in [0.4, 0.5) is 5.82 Å². The van der Waals surface area contributed by atoms with E-state index in [0.717, 1.165) is 0 Å². The van der Waals surface area contributed by atoms with Gasteiger partial charge in [-0.3, -0.25) is 0 Å². The second-order valence-corrected chi connectivity index (χ2v) is 4.45. The van der Waals surface area contributed by atoms with Gasteiger partial charge in [-0.25, -0.2) is 9.97 Å². The van der Waals surface area contributed by atoms with Gasteiger partial charge in [-0.1, -0.05) is 0 Å². The molecule has 7 nitrogen and oxygen atoms in total. The molecule has 0 amide bonds. The van der Waals surface area contributed by atoms with Gasteiger partial charge in [0.25, 0.3) is 0 Å². The molecule has 1 heterocycles. The second kappa shape index (κ2) is 10.8. The van der Waals surface area contributed by atoms with E-state index in [-0.39, 0.29) is 0 Å². The average molecular weight is 350 g/mol. The largest absolute Gasteiger partial charge is 0.474 e. The number of hydrogen-bond acceptors (Lipinski definition) is 7. The molecule has 0 radical (unpaired) electrons. The number of aromatic nitrogens is 2. The normalized spacial score (nSPS) is 10.6. The Hall–Kier alpha value is -0.960. The van der Waals surface area contributed by atoms with E-state index in [1.807, 2.05) is 0 Å². The Morgan fingerprint density at radius 3 is 2.35 bits per heavy atom. The van der Waals surface area contributed by atoms with Gasteiger partial charge in [-0.15, -0.1) is 0 Å². The SMILES string of the molecule is CNc1ncnc(OCCOCCOCCOC)c1Br. The number of halogens is 1. The van der Waals surface area contributed by atoms with E-state index in [2.05, 4.69) is 31.2 Å². The number of hydrogen-bond donors (Lipinski definition) is 1. The predicted molar refractivity (Wildman–Crippen MR) is 78.3 cm³/mol. The van der Waals surface area contributed by atoms with Gasteiger partial charge in [0.05, 0.1) is 33.0 Å². The highest BCUT2D eigenvalue weighted by Gasteiger charge is 2.08. The molecule has 0 spiro atoms. The minimum absolute atomic E-state index is 0.414. The maximum Gasteiger partial charge on any atom is 0.233 e. The molecule has 20 heavy (non-hydrogen) atoms. The first-order valence-corrected chi connectivity index (χ1v) is 7.04. The minimum Gasteiger partial charge on any atom is -0.474 e. The molecule has 0 atom stereocenters. The molecule has 1 aromatic rings. The van der Waals surface area contributed by atoms with Crippen molar-refractivity contribution in [2.75, 3.05) is 59.1 Å². The van der Waals surface area contributed by atoms with E-state index in [0.29, 0.717) is 55.8 Å². The fourth-order valence-electron chi connectivity index (χ4n) is 1.29. The van der Waals surface area contributed by atoms with E-state index in [1.54, 1.807) is 14.2 Å². The van der Waals surface area contributed by atoms with Gasteiger partial charge in [0.1, 0.15) is 23.2 Å². The van der Waals surface area contributed by atoms with E-state index in [1.165, 1.54) is 6.33 Å². The lowest BCUT2D eigenvalue weighted by Crippen LogP contribution is -2.13. The van der Waals surface area contributed by atoms with Crippen molar-refractivity contribution in [1.82, 2.24) is 9.97 Å². The number of ether oxygens (including phenoxy) is 4. The maximum absolute atomic E-state index is 5.50. The van der Waals surface area contributed by atoms with Gasteiger partial charge in [-0.05, 0) is 15.9 Å². The lowest BCUT2D eigenvalue weighted by Gasteiger charge is -2.09. The van der Waals surface area contributed by atoms with Crippen molar-refractivity contribution >= 4 is 21.7 Å². The molecule has 0 aliphatic carbocycles. The number of methoxy groups -OCH3 is 1. The Morgan fingerprint density at radius 1 is 1.05 bits per heavy atom. The van der Waals surface area contributed by atoms with E-state index in [9.17, 15) is 0 Å². The second-order valence-electron chi connectivity index (χ2n) is 3.66. The number of anilines is 1. The Bertz CT molecular complexity index is 382. The van der Waals surface area contributed by atoms with Gasteiger partial charge < -0.3 is 24.3 Å². The van der Waals surface area contributed by atoms with Crippen molar-refractivity contribution < 1.29 is 18.9 Å². The Balaban J connectivity index is 2.09. The topological polar surface area (TPSA) is 74.7 Å². The molecule has 0 saturated carbocycles. The van der Waals surface area contributed by atoms with Crippen LogP contribution in [0.3, 0.4) is 0 Å². The van der Waals surface area contributed by atoms with E-state index >= 15 is 0 Å². The van der Waals surface area contributed by atoms with Crippen molar-refractivity contribution in [3.63, 3.8) is 0 Å². The maximum atomic E-state index is 5.50. The molecule has 0 unspecified atom stereocenters. The summed E-state index contributed by atoms with van der Waals surface area (Å²) in [5.41, 5.74) is 0. The van der Waals surface area contributed by atoms with Crippen LogP contribution in [0.15, 0.2) is 10.8 Å². The first kappa shape index (κ1) is 17.1. The third-order valence-electron chi connectivity index (χ3n) is 2.26. The highest BCUT2D eigenvalue weighted by molar-refractivity contribution is 9.10. The molecule has 114 valence electrons. The van der Waals surface area contributed by atoms with Crippen LogP contribution in [-0.2, 0) is 14.2 Å². The van der Waals surface area contributed by atoms with Gasteiger partial charge in [0, 0.05) is 14.2 Å². The zero-order valence-electron chi connectivity index (χ0n) is 11.7. The van der Waals surface area contributed by atoms with Crippen LogP contribution in [0.5, 0.6) is 5.88 Å². The van der Waals surface area contributed by atoms with Gasteiger partial charge >= 0.3 is 0 Å². The quantitative estimate of drug-likeness (QED) is 0.604. The zero-order valence-corrected chi connectivity index (χ0v) is 13.3. The monoisotopic (exact) mass is 349 g/mol. The molecule has 0 aliphatic heterocycles. The smallest absolute Gasteiger partial charge is 0.233 e. The van der Waals surface area contributed by atoms with Gasteiger partial charge in [0.2, 0.25) is 5.88 Å². The fourth-order valence-corrected chi connectivity index (χ4v) is 1.81. The van der Waals surface area contributed by atoms with E-state index in [4.69, 9.17) is 18.9 Å². The molecule has 0 aliphatic rings. The lowest BCUT2D eigenvalue weighted by molar-refractivity contribution is 0.0176. The Labute approximate surface area is 127 Å². The van der Waals surface area contributed by atoms with E-state index < -0.39 is 0 Å². The summed E-state index contributed by atoms with van der Waals surface area (Å²) in [6.45, 7) is 3.13. The zero-order chi connectivity index (χ0) is 14.6. The third-order valence-corrected chi connectivity index (χ3v) is 2.98. The third kappa shape index (κ3) is 6.47. The summed E-state index contributed by atoms with van der Waals surface area (Å²) in [6, 6.07) is 0. The predicted octanol–water partition coefficient (Wildman–Crippen LogP) is 1.34. The molecule has 0 saturated heterocycles. The molecule has 0 aromatic carbocycles. The fraction of sp³-hybridized carbons (Fsp3) is 0.667. The first-order chi connectivity index (χ1) is 9.79. The Morgan fingerprint density at radius 2 is 1.70 bits per heavy atom. The van der Waals surface area contributed by atoms with Gasteiger partial charge in [0.15, 0.2) is 0 Å². The first-order valence-electron chi connectivity index (χ1n) is 6.25. The van der Waals surface area contributed by atoms with Crippen LogP contribution in [-0.4, -0.2) is 63.8 Å². The summed E-state index contributed by atoms with van der Waals surface area (Å²) in [5.74, 6) is 1.17. The summed E-state index contributed by atoms with van der Waals surface area (Å²) >= 11 is 3.37. The van der Waals surface area contributed by atoms with Crippen LogP contribution in [0.25, 0.3) is 0 Å². The van der Waals surface area contributed by atoms with Crippen molar-refractivity contribution in [2.24, 2.45) is 0 Å². The molecular formula is C12H20BrN3O4. The highest BCUT2D eigenvalue weighted by atomic mass is 79.9. The molecular weight excluding hydrogens is 330 g/mol. The van der Waals surface area contributed by atoms with Crippen LogP contribution >= 0.6 is 15.9 Å². The molecule has 1 aromatic heterocycles. The average Bonchev–Trinajstić information content (AvgIpc) is 2.47. The summed E-state index contributed by atoms with van der Waals surface area (Å²) in [5, 5.41) is 2.93. The molecule has 0 fully saturated rings. The van der Waals surface area contributed by atoms with Crippen LogP contribution in [0.1, 0.15) is 0 Å². The summed E-state index contributed by atoms with van der Waals surface area (Å²) in [4.78, 5) is 8.08. The van der Waals surface area contributed by atoms with Crippen LogP contribution < -0.4 is 10.1 Å².